The number of hydrogen-bond acceptors (Lipinski definition) is 9. The number of benzene rings is 2. The summed E-state index contributed by atoms with van der Waals surface area (Å²) in [6.45, 7) is 13.7. The smallest absolute Gasteiger partial charge is 0.247 e. The highest BCUT2D eigenvalue weighted by molar-refractivity contribution is 7.70. The van der Waals surface area contributed by atoms with Crippen LogP contribution in [-0.4, -0.2) is 73.9 Å². The molecule has 1 amide bonds. The van der Waals surface area contributed by atoms with Gasteiger partial charge in [0.25, 0.3) is 0 Å². The molecule has 1 aliphatic heterocycles. The van der Waals surface area contributed by atoms with Crippen molar-refractivity contribution in [3.63, 3.8) is 0 Å². The van der Waals surface area contributed by atoms with E-state index < -0.39 is 7.14 Å². The lowest BCUT2D eigenvalue weighted by molar-refractivity contribution is -0.111. The second-order valence-corrected chi connectivity index (χ2v) is 13.3. The van der Waals surface area contributed by atoms with Crippen molar-refractivity contribution in [3.05, 3.63) is 60.3 Å². The molecule has 0 atom stereocenters. The lowest BCUT2D eigenvalue weighted by Crippen LogP contribution is -2.46. The second kappa shape index (κ2) is 12.7. The number of carbonyl (C=O) groups excluding carboxylic acids is 1. The Morgan fingerprint density at radius 2 is 1.85 bits per heavy atom. The normalized spacial score (nSPS) is 14.0. The minimum absolute atomic E-state index is 0.254. The van der Waals surface area contributed by atoms with Gasteiger partial charge in [-0.25, -0.2) is 4.98 Å². The van der Waals surface area contributed by atoms with Gasteiger partial charge < -0.3 is 35.1 Å². The molecule has 1 fully saturated rings. The number of aromatic nitrogens is 2. The number of hydrogen-bond donors (Lipinski definition) is 3. The molecular weight excluding hydrogens is 549 g/mol. The number of amides is 1. The van der Waals surface area contributed by atoms with Gasteiger partial charge in [0, 0.05) is 37.5 Å². The van der Waals surface area contributed by atoms with Gasteiger partial charge in [0.15, 0.2) is 5.82 Å². The van der Waals surface area contributed by atoms with Crippen molar-refractivity contribution in [2.45, 2.75) is 6.92 Å². The molecule has 0 spiro atoms. The van der Waals surface area contributed by atoms with E-state index in [-0.39, 0.29) is 11.9 Å². The van der Waals surface area contributed by atoms with Crippen molar-refractivity contribution in [2.75, 3.05) is 74.0 Å². The molecule has 2 heterocycles. The third-order valence-corrected chi connectivity index (χ3v) is 8.48. The number of para-hydroxylation sites is 1. The Bertz CT molecular complexity index is 1440. The summed E-state index contributed by atoms with van der Waals surface area (Å²) < 4.78 is 18.5. The minimum Gasteiger partial charge on any atom is -0.494 e. The maximum Gasteiger partial charge on any atom is 0.247 e. The van der Waals surface area contributed by atoms with Crippen LogP contribution in [0.25, 0.3) is 0 Å². The van der Waals surface area contributed by atoms with Crippen LogP contribution in [0.4, 0.5) is 34.5 Å². The van der Waals surface area contributed by atoms with E-state index in [2.05, 4.69) is 49.2 Å². The number of carbonyl (C=O) groups is 1. The molecule has 0 radical (unpaired) electrons. The molecule has 4 rings (SSSR count). The van der Waals surface area contributed by atoms with E-state index in [0.29, 0.717) is 39.0 Å². The highest BCUT2D eigenvalue weighted by Crippen LogP contribution is 2.40. The molecule has 0 aliphatic carbocycles. The molecule has 1 aliphatic rings. The predicted molar refractivity (Wildman–Crippen MR) is 165 cm³/mol. The summed E-state index contributed by atoms with van der Waals surface area (Å²) in [4.78, 5) is 25.8. The molecule has 0 bridgehead atoms. The molecule has 10 nitrogen and oxygen atoms in total. The van der Waals surface area contributed by atoms with Crippen molar-refractivity contribution >= 4 is 64.5 Å². The monoisotopic (exact) mass is 583 g/mol. The van der Waals surface area contributed by atoms with Crippen molar-refractivity contribution in [2.24, 2.45) is 0 Å². The predicted octanol–water partition coefficient (Wildman–Crippen LogP) is 5.14. The zero-order valence-electron chi connectivity index (χ0n) is 23.2. The van der Waals surface area contributed by atoms with E-state index in [4.69, 9.17) is 16.3 Å². The molecule has 3 N–H and O–H groups in total. The van der Waals surface area contributed by atoms with Crippen molar-refractivity contribution in [3.8, 4) is 5.75 Å². The van der Waals surface area contributed by atoms with E-state index in [1.807, 2.05) is 30.3 Å². The first-order valence-electron chi connectivity index (χ1n) is 13.0. The molecule has 40 heavy (non-hydrogen) atoms. The van der Waals surface area contributed by atoms with Gasteiger partial charge in [0.05, 0.1) is 36.1 Å². The number of piperazine rings is 1. The molecular formula is C28H35ClN7O3P. The van der Waals surface area contributed by atoms with Crippen LogP contribution in [0.5, 0.6) is 5.75 Å². The first-order chi connectivity index (χ1) is 19.1. The number of ether oxygens (including phenoxy) is 1. The van der Waals surface area contributed by atoms with Gasteiger partial charge in [-0.2, -0.15) is 4.98 Å². The van der Waals surface area contributed by atoms with Crippen LogP contribution in [-0.2, 0) is 9.36 Å². The van der Waals surface area contributed by atoms with E-state index in [1.54, 1.807) is 26.5 Å². The third-order valence-electron chi connectivity index (χ3n) is 6.65. The van der Waals surface area contributed by atoms with Crippen LogP contribution >= 0.6 is 18.7 Å². The Morgan fingerprint density at radius 1 is 1.12 bits per heavy atom. The average molecular weight is 584 g/mol. The van der Waals surface area contributed by atoms with E-state index in [9.17, 15) is 9.36 Å². The van der Waals surface area contributed by atoms with Crippen LogP contribution in [0.3, 0.4) is 0 Å². The highest BCUT2D eigenvalue weighted by atomic mass is 35.5. The zero-order valence-corrected chi connectivity index (χ0v) is 24.9. The number of rotatable bonds is 10. The third kappa shape index (κ3) is 6.94. The summed E-state index contributed by atoms with van der Waals surface area (Å²) in [5.41, 5.74) is 2.67. The number of nitrogens with one attached hydrogen (secondary N) is 3. The molecule has 1 saturated heterocycles. The standard InChI is InChI=1S/C28H35ClN7O3P/c1-6-26(37)31-21-16-22(24(39-3)17-23(21)36-14-12-35(7-2)13-15-36)33-28-30-18-19(29)27(34-28)32-20-10-8-9-11-25(20)40(4,5)38/h6,8-11,16-18H,1,7,12-15H2,2-5H3,(H,31,37)(H2,30,32,33,34). The quantitative estimate of drug-likeness (QED) is 0.221. The fourth-order valence-electron chi connectivity index (χ4n) is 4.50. The summed E-state index contributed by atoms with van der Waals surface area (Å²) in [7, 11) is -0.971. The van der Waals surface area contributed by atoms with Gasteiger partial charge in [-0.3, -0.25) is 4.79 Å². The van der Waals surface area contributed by atoms with Crippen LogP contribution in [0, 0.1) is 0 Å². The van der Waals surface area contributed by atoms with Crippen molar-refractivity contribution < 1.29 is 14.1 Å². The van der Waals surface area contributed by atoms with Gasteiger partial charge in [-0.1, -0.05) is 37.2 Å². The van der Waals surface area contributed by atoms with Gasteiger partial charge >= 0.3 is 0 Å². The summed E-state index contributed by atoms with van der Waals surface area (Å²) in [5.74, 6) is 0.844. The number of methoxy groups -OCH3 is 1. The SMILES string of the molecule is C=CC(=O)Nc1cc(Nc2ncc(Cl)c(Nc3ccccc3P(C)(C)=O)n2)c(OC)cc1N1CCN(CC)CC1. The average Bonchev–Trinajstić information content (AvgIpc) is 2.94. The summed E-state index contributed by atoms with van der Waals surface area (Å²) in [6, 6.07) is 11.0. The molecule has 3 aromatic rings. The number of likely N-dealkylation sites (N-methyl/N-ethyl adjacent to an activating group) is 1. The van der Waals surface area contributed by atoms with Crippen molar-refractivity contribution in [1.29, 1.82) is 0 Å². The Hall–Kier alpha value is -3.59. The van der Waals surface area contributed by atoms with E-state index >= 15 is 0 Å². The Balaban J connectivity index is 1.67. The molecule has 12 heteroatoms. The summed E-state index contributed by atoms with van der Waals surface area (Å²) >= 11 is 6.43. The molecule has 212 valence electrons. The number of anilines is 6. The lowest BCUT2D eigenvalue weighted by Gasteiger charge is -2.36. The molecule has 0 saturated carbocycles. The highest BCUT2D eigenvalue weighted by Gasteiger charge is 2.22. The van der Waals surface area contributed by atoms with Crippen LogP contribution < -0.4 is 30.9 Å². The van der Waals surface area contributed by atoms with Gasteiger partial charge in [0.2, 0.25) is 11.9 Å². The number of nitrogens with zero attached hydrogens (tertiary/aromatic N) is 4. The Kier molecular flexibility index (Phi) is 9.35. The maximum absolute atomic E-state index is 12.8. The molecule has 1 aromatic heterocycles. The largest absolute Gasteiger partial charge is 0.494 e. The van der Waals surface area contributed by atoms with Crippen LogP contribution in [0.2, 0.25) is 5.02 Å². The van der Waals surface area contributed by atoms with E-state index in [1.165, 1.54) is 12.3 Å². The zero-order chi connectivity index (χ0) is 28.9. The molecule has 2 aromatic carbocycles. The van der Waals surface area contributed by atoms with Crippen LogP contribution in [0.15, 0.2) is 55.3 Å². The first kappa shape index (κ1) is 29.4. The molecule has 0 unspecified atom stereocenters. The fourth-order valence-corrected chi connectivity index (χ4v) is 5.79. The summed E-state index contributed by atoms with van der Waals surface area (Å²) in [6.07, 6.45) is 2.72. The minimum atomic E-state index is -2.56. The van der Waals surface area contributed by atoms with Gasteiger partial charge in [0.1, 0.15) is 17.9 Å². The second-order valence-electron chi connectivity index (χ2n) is 9.69. The van der Waals surface area contributed by atoms with E-state index in [0.717, 1.165) is 38.4 Å². The Labute approximate surface area is 240 Å². The first-order valence-corrected chi connectivity index (χ1v) is 15.9. The van der Waals surface area contributed by atoms with Gasteiger partial charge in [-0.05, 0) is 44.1 Å². The topological polar surface area (TPSA) is 112 Å². The summed E-state index contributed by atoms with van der Waals surface area (Å²) in [5, 5.41) is 10.3. The van der Waals surface area contributed by atoms with Crippen molar-refractivity contribution in [1.82, 2.24) is 14.9 Å². The van der Waals surface area contributed by atoms with Crippen LogP contribution in [0.1, 0.15) is 6.92 Å². The lowest BCUT2D eigenvalue weighted by atomic mass is 10.1. The number of halogens is 1. The Morgan fingerprint density at radius 3 is 2.50 bits per heavy atom. The maximum atomic E-state index is 12.8. The van der Waals surface area contributed by atoms with Gasteiger partial charge in [-0.15, -0.1) is 0 Å². The fraction of sp³-hybridized carbons (Fsp3) is 0.321.